The van der Waals surface area contributed by atoms with Crippen LogP contribution in [0.4, 0.5) is 0 Å². The van der Waals surface area contributed by atoms with E-state index in [2.05, 4.69) is 45.6 Å². The average molecular weight is 176 g/mol. The minimum Gasteiger partial charge on any atom is -0.0956 e. The Morgan fingerprint density at radius 3 is 2.46 bits per heavy atom. The van der Waals surface area contributed by atoms with Crippen LogP contribution in [0, 0.1) is 5.41 Å². The Balaban J connectivity index is 2.79. The molecule has 13 heavy (non-hydrogen) atoms. The molecule has 0 unspecified atom stereocenters. The summed E-state index contributed by atoms with van der Waals surface area (Å²) in [5.74, 6) is 0. The van der Waals surface area contributed by atoms with Crippen molar-refractivity contribution in [2.75, 3.05) is 0 Å². The SMILES string of the molecule is C=C1CCC/C1=C/C(C)(C)/C=C\C. The van der Waals surface area contributed by atoms with E-state index in [1.54, 1.807) is 0 Å². The molecule has 1 aliphatic rings. The molecule has 1 saturated carbocycles. The Morgan fingerprint density at radius 1 is 1.31 bits per heavy atom. The Morgan fingerprint density at radius 2 is 2.00 bits per heavy atom. The Hall–Kier alpha value is -0.780. The van der Waals surface area contributed by atoms with Crippen LogP contribution < -0.4 is 0 Å². The lowest BCUT2D eigenvalue weighted by Crippen LogP contribution is -2.03. The van der Waals surface area contributed by atoms with Gasteiger partial charge in [-0.3, -0.25) is 0 Å². The summed E-state index contributed by atoms with van der Waals surface area (Å²) >= 11 is 0. The first kappa shape index (κ1) is 10.3. The zero-order valence-electron chi connectivity index (χ0n) is 9.06. The lowest BCUT2D eigenvalue weighted by Gasteiger charge is -2.16. The van der Waals surface area contributed by atoms with Gasteiger partial charge in [-0.2, -0.15) is 0 Å². The van der Waals surface area contributed by atoms with Crippen LogP contribution in [0.1, 0.15) is 40.0 Å². The van der Waals surface area contributed by atoms with Gasteiger partial charge >= 0.3 is 0 Å². The highest BCUT2D eigenvalue weighted by Gasteiger charge is 2.16. The van der Waals surface area contributed by atoms with Gasteiger partial charge in [0.05, 0.1) is 0 Å². The lowest BCUT2D eigenvalue weighted by atomic mass is 9.89. The third-order valence-electron chi connectivity index (χ3n) is 2.52. The number of hydrogen-bond donors (Lipinski definition) is 0. The minimum atomic E-state index is 0.192. The molecule has 0 atom stereocenters. The monoisotopic (exact) mass is 176 g/mol. The van der Waals surface area contributed by atoms with Gasteiger partial charge in [0, 0.05) is 5.41 Å². The first-order valence-electron chi connectivity index (χ1n) is 5.09. The van der Waals surface area contributed by atoms with Crippen LogP contribution >= 0.6 is 0 Å². The summed E-state index contributed by atoms with van der Waals surface area (Å²) in [4.78, 5) is 0. The summed E-state index contributed by atoms with van der Waals surface area (Å²) in [5, 5.41) is 0. The summed E-state index contributed by atoms with van der Waals surface area (Å²) in [5.41, 5.74) is 3.01. The van der Waals surface area contributed by atoms with E-state index in [9.17, 15) is 0 Å². The zero-order chi connectivity index (χ0) is 9.90. The Labute approximate surface area is 82.0 Å². The Bertz CT molecular complexity index is 251. The molecule has 0 nitrogen and oxygen atoms in total. The van der Waals surface area contributed by atoms with Crippen molar-refractivity contribution in [3.63, 3.8) is 0 Å². The summed E-state index contributed by atoms with van der Waals surface area (Å²) in [6.07, 6.45) is 10.4. The van der Waals surface area contributed by atoms with Gasteiger partial charge in [-0.25, -0.2) is 0 Å². The van der Waals surface area contributed by atoms with Gasteiger partial charge in [0.15, 0.2) is 0 Å². The van der Waals surface area contributed by atoms with E-state index < -0.39 is 0 Å². The molecule has 0 heterocycles. The van der Waals surface area contributed by atoms with Crippen molar-refractivity contribution in [3.05, 3.63) is 36.0 Å². The van der Waals surface area contributed by atoms with Gasteiger partial charge in [0.25, 0.3) is 0 Å². The number of allylic oxidation sites excluding steroid dienone is 5. The average Bonchev–Trinajstić information content (AvgIpc) is 2.35. The second kappa shape index (κ2) is 3.95. The summed E-state index contributed by atoms with van der Waals surface area (Å²) in [6, 6.07) is 0. The van der Waals surface area contributed by atoms with Crippen molar-refractivity contribution < 1.29 is 0 Å². The van der Waals surface area contributed by atoms with Crippen molar-refractivity contribution in [2.45, 2.75) is 40.0 Å². The molecule has 0 radical (unpaired) electrons. The second-order valence-electron chi connectivity index (χ2n) is 4.45. The normalized spacial score (nSPS) is 22.1. The van der Waals surface area contributed by atoms with Crippen molar-refractivity contribution in [1.29, 1.82) is 0 Å². The first-order chi connectivity index (χ1) is 6.05. The molecule has 0 aromatic heterocycles. The number of hydrogen-bond acceptors (Lipinski definition) is 0. The highest BCUT2D eigenvalue weighted by Crippen LogP contribution is 2.33. The van der Waals surface area contributed by atoms with Crippen molar-refractivity contribution in [3.8, 4) is 0 Å². The first-order valence-corrected chi connectivity index (χ1v) is 5.09. The molecule has 0 heteroatoms. The standard InChI is InChI=1S/C13H20/c1-5-9-13(3,4)10-12-8-6-7-11(12)2/h5,9-10H,2,6-8H2,1,3-4H3/b9-5-,12-10-. The molecule has 1 rings (SSSR count). The van der Waals surface area contributed by atoms with Crippen LogP contribution in [0.25, 0.3) is 0 Å². The molecular formula is C13H20. The lowest BCUT2D eigenvalue weighted by molar-refractivity contribution is 0.619. The summed E-state index contributed by atoms with van der Waals surface area (Å²) < 4.78 is 0. The van der Waals surface area contributed by atoms with E-state index in [1.165, 1.54) is 30.4 Å². The number of rotatable bonds is 2. The van der Waals surface area contributed by atoms with E-state index in [0.29, 0.717) is 0 Å². The van der Waals surface area contributed by atoms with Gasteiger partial charge < -0.3 is 0 Å². The third-order valence-corrected chi connectivity index (χ3v) is 2.52. The molecule has 1 aliphatic carbocycles. The molecule has 0 saturated heterocycles. The largest absolute Gasteiger partial charge is 0.0956 e. The van der Waals surface area contributed by atoms with Crippen molar-refractivity contribution in [2.24, 2.45) is 5.41 Å². The van der Waals surface area contributed by atoms with E-state index in [-0.39, 0.29) is 5.41 Å². The zero-order valence-corrected chi connectivity index (χ0v) is 9.06. The van der Waals surface area contributed by atoms with Crippen LogP contribution in [-0.4, -0.2) is 0 Å². The van der Waals surface area contributed by atoms with E-state index in [4.69, 9.17) is 0 Å². The smallest absolute Gasteiger partial charge is 0.00102 e. The van der Waals surface area contributed by atoms with Crippen LogP contribution in [-0.2, 0) is 0 Å². The maximum Gasteiger partial charge on any atom is 0.00102 e. The van der Waals surface area contributed by atoms with Gasteiger partial charge in [-0.1, -0.05) is 44.2 Å². The summed E-state index contributed by atoms with van der Waals surface area (Å²) in [6.45, 7) is 10.6. The molecule has 0 N–H and O–H groups in total. The molecule has 0 aliphatic heterocycles. The fraction of sp³-hybridized carbons (Fsp3) is 0.538. The molecule has 0 aromatic carbocycles. The van der Waals surface area contributed by atoms with E-state index >= 15 is 0 Å². The molecule has 0 aromatic rings. The second-order valence-corrected chi connectivity index (χ2v) is 4.45. The van der Waals surface area contributed by atoms with E-state index in [0.717, 1.165) is 0 Å². The highest BCUT2D eigenvalue weighted by molar-refractivity contribution is 5.34. The molecule has 0 spiro atoms. The van der Waals surface area contributed by atoms with Gasteiger partial charge in [0.1, 0.15) is 0 Å². The van der Waals surface area contributed by atoms with Crippen LogP contribution in [0.5, 0.6) is 0 Å². The van der Waals surface area contributed by atoms with Gasteiger partial charge in [-0.05, 0) is 31.8 Å². The fourth-order valence-corrected chi connectivity index (χ4v) is 1.93. The predicted octanol–water partition coefficient (Wildman–Crippen LogP) is 4.26. The predicted molar refractivity (Wildman–Crippen MR) is 59.7 cm³/mol. The molecule has 0 amide bonds. The maximum atomic E-state index is 4.09. The third kappa shape index (κ3) is 2.87. The molecule has 0 bridgehead atoms. The van der Waals surface area contributed by atoms with Crippen molar-refractivity contribution >= 4 is 0 Å². The highest BCUT2D eigenvalue weighted by atomic mass is 14.2. The quantitative estimate of drug-likeness (QED) is 0.552. The van der Waals surface area contributed by atoms with Crippen LogP contribution in [0.3, 0.4) is 0 Å². The maximum absolute atomic E-state index is 4.09. The minimum absolute atomic E-state index is 0.192. The summed E-state index contributed by atoms with van der Waals surface area (Å²) in [7, 11) is 0. The topological polar surface area (TPSA) is 0 Å². The van der Waals surface area contributed by atoms with Crippen LogP contribution in [0.15, 0.2) is 36.0 Å². The fourth-order valence-electron chi connectivity index (χ4n) is 1.93. The van der Waals surface area contributed by atoms with Crippen molar-refractivity contribution in [1.82, 2.24) is 0 Å². The van der Waals surface area contributed by atoms with Gasteiger partial charge in [-0.15, -0.1) is 0 Å². The van der Waals surface area contributed by atoms with Crippen LogP contribution in [0.2, 0.25) is 0 Å². The Kier molecular flexibility index (Phi) is 3.13. The molecular weight excluding hydrogens is 156 g/mol. The molecule has 1 fully saturated rings. The molecule has 72 valence electrons. The van der Waals surface area contributed by atoms with E-state index in [1.807, 2.05) is 0 Å². The van der Waals surface area contributed by atoms with Gasteiger partial charge in [0.2, 0.25) is 0 Å².